The number of hydrogen-bond donors (Lipinski definition) is 0. The first-order valence-electron chi connectivity index (χ1n) is 9.41. The summed E-state index contributed by atoms with van der Waals surface area (Å²) in [4.78, 5) is 16.4. The lowest BCUT2D eigenvalue weighted by molar-refractivity contribution is -0.133. The summed E-state index contributed by atoms with van der Waals surface area (Å²) >= 11 is 0. The fraction of sp³-hybridized carbons (Fsp3) is 0.333. The lowest BCUT2D eigenvalue weighted by Crippen LogP contribution is -2.52. The summed E-state index contributed by atoms with van der Waals surface area (Å²) in [5.74, 6) is -0.00106. The van der Waals surface area contributed by atoms with Crippen molar-refractivity contribution in [2.24, 2.45) is 0 Å². The zero-order chi connectivity index (χ0) is 20.9. The van der Waals surface area contributed by atoms with Crippen molar-refractivity contribution in [3.63, 3.8) is 0 Å². The molecule has 8 heteroatoms. The quantitative estimate of drug-likeness (QED) is 0.718. The Balaban J connectivity index is 1.54. The van der Waals surface area contributed by atoms with E-state index in [1.165, 1.54) is 28.6 Å². The van der Waals surface area contributed by atoms with Crippen LogP contribution in [0.15, 0.2) is 59.5 Å². The SMILES string of the molecule is CN(CC(=O)N1CCN(S(=O)(=O)c2ccc(C#N)cc2)CC1)Cc1ccccc1. The number of rotatable bonds is 6. The highest BCUT2D eigenvalue weighted by Crippen LogP contribution is 2.18. The summed E-state index contributed by atoms with van der Waals surface area (Å²) in [7, 11) is -1.73. The zero-order valence-corrected chi connectivity index (χ0v) is 17.2. The number of likely N-dealkylation sites (N-methyl/N-ethyl adjacent to an activating group) is 1. The number of sulfonamides is 1. The van der Waals surface area contributed by atoms with E-state index in [0.29, 0.717) is 25.2 Å². The molecule has 0 atom stereocenters. The first-order chi connectivity index (χ1) is 13.9. The molecule has 0 bridgehead atoms. The first-order valence-corrected chi connectivity index (χ1v) is 10.8. The van der Waals surface area contributed by atoms with E-state index in [1.54, 1.807) is 4.90 Å². The van der Waals surface area contributed by atoms with E-state index in [4.69, 9.17) is 5.26 Å². The Kier molecular flexibility index (Phi) is 6.64. The Morgan fingerprint density at radius 1 is 1.03 bits per heavy atom. The predicted octanol–water partition coefficient (Wildman–Crippen LogP) is 1.52. The molecule has 7 nitrogen and oxygen atoms in total. The molecular formula is C21H24N4O3S. The smallest absolute Gasteiger partial charge is 0.243 e. The molecular weight excluding hydrogens is 388 g/mol. The Morgan fingerprint density at radius 3 is 2.24 bits per heavy atom. The van der Waals surface area contributed by atoms with Crippen molar-refractivity contribution < 1.29 is 13.2 Å². The van der Waals surface area contributed by atoms with Gasteiger partial charge in [-0.1, -0.05) is 30.3 Å². The number of hydrogen-bond acceptors (Lipinski definition) is 5. The maximum absolute atomic E-state index is 12.8. The van der Waals surface area contributed by atoms with E-state index in [9.17, 15) is 13.2 Å². The van der Waals surface area contributed by atoms with Crippen LogP contribution in [0.5, 0.6) is 0 Å². The lowest BCUT2D eigenvalue weighted by atomic mass is 10.2. The summed E-state index contributed by atoms with van der Waals surface area (Å²) in [5, 5.41) is 8.86. The second-order valence-corrected chi connectivity index (χ2v) is 9.02. The normalized spacial score (nSPS) is 15.3. The number of amides is 1. The molecule has 1 fully saturated rings. The molecule has 1 amide bonds. The van der Waals surface area contributed by atoms with E-state index in [-0.39, 0.29) is 30.4 Å². The Hall–Kier alpha value is -2.73. The molecule has 152 valence electrons. The van der Waals surface area contributed by atoms with Crippen LogP contribution in [0.3, 0.4) is 0 Å². The molecule has 0 spiro atoms. The molecule has 29 heavy (non-hydrogen) atoms. The second kappa shape index (κ2) is 9.18. The third-order valence-electron chi connectivity index (χ3n) is 4.91. The van der Waals surface area contributed by atoms with E-state index in [0.717, 1.165) is 5.56 Å². The van der Waals surface area contributed by atoms with Crippen LogP contribution in [0.1, 0.15) is 11.1 Å². The third-order valence-corrected chi connectivity index (χ3v) is 6.83. The Morgan fingerprint density at radius 2 is 1.66 bits per heavy atom. The highest BCUT2D eigenvalue weighted by molar-refractivity contribution is 7.89. The van der Waals surface area contributed by atoms with E-state index >= 15 is 0 Å². The van der Waals surface area contributed by atoms with Gasteiger partial charge in [-0.2, -0.15) is 9.57 Å². The zero-order valence-electron chi connectivity index (χ0n) is 16.4. The van der Waals surface area contributed by atoms with Crippen molar-refractivity contribution in [3.8, 4) is 6.07 Å². The maximum atomic E-state index is 12.8. The van der Waals surface area contributed by atoms with Gasteiger partial charge in [-0.15, -0.1) is 0 Å². The average Bonchev–Trinajstić information content (AvgIpc) is 2.74. The van der Waals surface area contributed by atoms with Crippen molar-refractivity contribution in [2.75, 3.05) is 39.8 Å². The molecule has 1 aliphatic rings. The molecule has 0 unspecified atom stereocenters. The molecule has 1 saturated heterocycles. The number of carbonyl (C=O) groups is 1. The van der Waals surface area contributed by atoms with Crippen molar-refractivity contribution in [1.82, 2.24) is 14.1 Å². The minimum atomic E-state index is -3.62. The van der Waals surface area contributed by atoms with Crippen molar-refractivity contribution in [1.29, 1.82) is 5.26 Å². The number of nitriles is 1. The Labute approximate surface area is 171 Å². The van der Waals surface area contributed by atoms with Crippen LogP contribution < -0.4 is 0 Å². The number of nitrogens with zero attached hydrogens (tertiary/aromatic N) is 4. The van der Waals surface area contributed by atoms with E-state index in [2.05, 4.69) is 0 Å². The average molecular weight is 413 g/mol. The monoisotopic (exact) mass is 412 g/mol. The fourth-order valence-electron chi connectivity index (χ4n) is 3.31. The minimum Gasteiger partial charge on any atom is -0.339 e. The van der Waals surface area contributed by atoms with Gasteiger partial charge in [0.15, 0.2) is 0 Å². The molecule has 1 aliphatic heterocycles. The van der Waals surface area contributed by atoms with Gasteiger partial charge < -0.3 is 4.90 Å². The predicted molar refractivity (Wildman–Crippen MR) is 109 cm³/mol. The molecule has 0 N–H and O–H groups in total. The van der Waals surface area contributed by atoms with E-state index < -0.39 is 10.0 Å². The van der Waals surface area contributed by atoms with Gasteiger partial charge in [0.2, 0.25) is 15.9 Å². The minimum absolute atomic E-state index is 0.00106. The Bertz CT molecular complexity index is 977. The molecule has 1 heterocycles. The van der Waals surface area contributed by atoms with Crippen LogP contribution in [-0.4, -0.2) is 68.2 Å². The third kappa shape index (κ3) is 5.21. The number of benzene rings is 2. The van der Waals surface area contributed by atoms with E-state index in [1.807, 2.05) is 48.3 Å². The van der Waals surface area contributed by atoms with Crippen LogP contribution in [0, 0.1) is 11.3 Å². The highest BCUT2D eigenvalue weighted by Gasteiger charge is 2.30. The molecule has 0 saturated carbocycles. The van der Waals surface area contributed by atoms with Crippen LogP contribution in [0.2, 0.25) is 0 Å². The second-order valence-electron chi connectivity index (χ2n) is 7.08. The molecule has 0 aromatic heterocycles. The summed E-state index contributed by atoms with van der Waals surface area (Å²) in [6.07, 6.45) is 0. The lowest BCUT2D eigenvalue weighted by Gasteiger charge is -2.34. The summed E-state index contributed by atoms with van der Waals surface area (Å²) < 4.78 is 26.9. The van der Waals surface area contributed by atoms with Gasteiger partial charge in [0, 0.05) is 32.7 Å². The van der Waals surface area contributed by atoms with Gasteiger partial charge in [0.1, 0.15) is 0 Å². The summed E-state index contributed by atoms with van der Waals surface area (Å²) in [6, 6.07) is 17.8. The standard InChI is InChI=1S/C21H24N4O3S/c1-23(16-19-5-3-2-4-6-19)17-21(26)24-11-13-25(14-12-24)29(27,28)20-9-7-18(15-22)8-10-20/h2-10H,11-14,16-17H2,1H3. The topological polar surface area (TPSA) is 84.7 Å². The van der Waals surface area contributed by atoms with Crippen LogP contribution in [-0.2, 0) is 21.4 Å². The number of piperazine rings is 1. The summed E-state index contributed by atoms with van der Waals surface area (Å²) in [5.41, 5.74) is 1.56. The van der Waals surface area contributed by atoms with Crippen LogP contribution in [0.25, 0.3) is 0 Å². The van der Waals surface area contributed by atoms with Gasteiger partial charge >= 0.3 is 0 Å². The molecule has 0 aliphatic carbocycles. The molecule has 2 aromatic rings. The van der Waals surface area contributed by atoms with Crippen molar-refractivity contribution in [2.45, 2.75) is 11.4 Å². The van der Waals surface area contributed by atoms with Crippen molar-refractivity contribution in [3.05, 3.63) is 65.7 Å². The largest absolute Gasteiger partial charge is 0.339 e. The number of carbonyl (C=O) groups excluding carboxylic acids is 1. The van der Waals surface area contributed by atoms with Crippen LogP contribution >= 0.6 is 0 Å². The molecule has 3 rings (SSSR count). The fourth-order valence-corrected chi connectivity index (χ4v) is 4.73. The maximum Gasteiger partial charge on any atom is 0.243 e. The van der Waals surface area contributed by atoms with Gasteiger partial charge in [-0.05, 0) is 36.9 Å². The first kappa shape index (κ1) is 21.0. The van der Waals surface area contributed by atoms with Crippen LogP contribution in [0.4, 0.5) is 0 Å². The summed E-state index contributed by atoms with van der Waals surface area (Å²) in [6.45, 7) is 2.23. The highest BCUT2D eigenvalue weighted by atomic mass is 32.2. The molecule has 2 aromatic carbocycles. The van der Waals surface area contributed by atoms with Gasteiger partial charge in [-0.3, -0.25) is 9.69 Å². The van der Waals surface area contributed by atoms with Gasteiger partial charge in [-0.25, -0.2) is 8.42 Å². The van der Waals surface area contributed by atoms with Gasteiger partial charge in [0.25, 0.3) is 0 Å². The van der Waals surface area contributed by atoms with Crippen molar-refractivity contribution >= 4 is 15.9 Å². The van der Waals surface area contributed by atoms with Gasteiger partial charge in [0.05, 0.1) is 23.1 Å². The molecule has 0 radical (unpaired) electrons.